The van der Waals surface area contributed by atoms with E-state index in [1.54, 1.807) is 12.4 Å². The quantitative estimate of drug-likeness (QED) is 0.708. The molecule has 0 saturated heterocycles. The van der Waals surface area contributed by atoms with Crippen LogP contribution >= 0.6 is 15.9 Å². The number of rotatable bonds is 6. The van der Waals surface area contributed by atoms with Gasteiger partial charge in [-0.1, -0.05) is 0 Å². The fraction of sp³-hybridized carbons (Fsp3) is 0.167. The maximum absolute atomic E-state index is 12.1. The molecule has 0 unspecified atom stereocenters. The lowest BCUT2D eigenvalue weighted by atomic mass is 10.2. The summed E-state index contributed by atoms with van der Waals surface area (Å²) in [5.41, 5.74) is -0.107. The first-order chi connectivity index (χ1) is 9.90. The molecule has 1 aromatic heterocycles. The van der Waals surface area contributed by atoms with Gasteiger partial charge < -0.3 is 10.1 Å². The molecular weight excluding hydrogens is 362 g/mol. The molecule has 21 heavy (non-hydrogen) atoms. The zero-order valence-corrected chi connectivity index (χ0v) is 13.1. The number of H-pyrrole nitrogens is 1. The molecule has 0 aliphatic rings. The van der Waals surface area contributed by atoms with Gasteiger partial charge in [0.2, 0.25) is 10.0 Å². The van der Waals surface area contributed by atoms with E-state index in [0.717, 1.165) is 6.07 Å². The summed E-state index contributed by atoms with van der Waals surface area (Å²) in [6, 6.07) is 3.85. The van der Waals surface area contributed by atoms with Gasteiger partial charge in [0.25, 0.3) is 0 Å². The number of imidazole rings is 1. The van der Waals surface area contributed by atoms with E-state index in [1.165, 1.54) is 12.1 Å². The van der Waals surface area contributed by atoms with E-state index >= 15 is 0 Å². The van der Waals surface area contributed by atoms with E-state index in [9.17, 15) is 13.2 Å². The predicted octanol–water partition coefficient (Wildman–Crippen LogP) is 1.39. The average molecular weight is 374 g/mol. The van der Waals surface area contributed by atoms with Crippen LogP contribution in [0.1, 0.15) is 16.2 Å². The number of sulfonamides is 1. The van der Waals surface area contributed by atoms with Gasteiger partial charge in [0.05, 0.1) is 10.5 Å². The second-order valence-corrected chi connectivity index (χ2v) is 6.75. The summed E-state index contributed by atoms with van der Waals surface area (Å²) in [6.45, 7) is 0.161. The monoisotopic (exact) mass is 373 g/mol. The molecule has 0 amide bonds. The van der Waals surface area contributed by atoms with E-state index in [0.29, 0.717) is 16.7 Å². The highest BCUT2D eigenvalue weighted by Gasteiger charge is 2.17. The lowest BCUT2D eigenvalue weighted by Crippen LogP contribution is -2.26. The number of hydrogen-bond acceptors (Lipinski definition) is 4. The number of benzene rings is 1. The maximum Gasteiger partial charge on any atom is 0.336 e. The van der Waals surface area contributed by atoms with Gasteiger partial charge in [-0.2, -0.15) is 0 Å². The van der Waals surface area contributed by atoms with Crippen LogP contribution < -0.4 is 4.72 Å². The molecule has 0 aliphatic heterocycles. The van der Waals surface area contributed by atoms with Gasteiger partial charge >= 0.3 is 5.97 Å². The standard InChI is InChI=1S/C12H12BrN3O4S/c13-10-2-1-8(7-9(10)12(17)18)21(19,20)16-4-3-11-14-5-6-15-11/h1-2,5-7,16H,3-4H2,(H,14,15)(H,17,18). The van der Waals surface area contributed by atoms with E-state index < -0.39 is 16.0 Å². The van der Waals surface area contributed by atoms with E-state index in [2.05, 4.69) is 30.6 Å². The zero-order valence-electron chi connectivity index (χ0n) is 10.7. The molecule has 2 rings (SSSR count). The Labute approximate surface area is 129 Å². The molecular formula is C12H12BrN3O4S. The number of nitrogens with one attached hydrogen (secondary N) is 2. The first kappa shape index (κ1) is 15.7. The van der Waals surface area contributed by atoms with Crippen molar-refractivity contribution >= 4 is 31.9 Å². The van der Waals surface area contributed by atoms with Crippen LogP contribution in [0.2, 0.25) is 0 Å². The smallest absolute Gasteiger partial charge is 0.336 e. The summed E-state index contributed by atoms with van der Waals surface area (Å²) in [5, 5.41) is 9.00. The Morgan fingerprint density at radius 2 is 2.19 bits per heavy atom. The van der Waals surface area contributed by atoms with E-state index in [4.69, 9.17) is 5.11 Å². The summed E-state index contributed by atoms with van der Waals surface area (Å²) in [5.74, 6) is -0.533. The first-order valence-corrected chi connectivity index (χ1v) is 8.18. The van der Waals surface area contributed by atoms with Crippen molar-refractivity contribution < 1.29 is 18.3 Å². The van der Waals surface area contributed by atoms with Crippen LogP contribution in [0.15, 0.2) is 40.0 Å². The highest BCUT2D eigenvalue weighted by Crippen LogP contribution is 2.21. The van der Waals surface area contributed by atoms with Gasteiger partial charge in [-0.15, -0.1) is 0 Å². The Morgan fingerprint density at radius 3 is 2.81 bits per heavy atom. The number of carboxylic acids is 1. The van der Waals surface area contributed by atoms with Crippen LogP contribution in [0.5, 0.6) is 0 Å². The Bertz CT molecular complexity index is 744. The maximum atomic E-state index is 12.1. The second-order valence-electron chi connectivity index (χ2n) is 4.13. The molecule has 1 heterocycles. The summed E-state index contributed by atoms with van der Waals surface area (Å²) in [6.07, 6.45) is 3.64. The topological polar surface area (TPSA) is 112 Å². The highest BCUT2D eigenvalue weighted by atomic mass is 79.9. The summed E-state index contributed by atoms with van der Waals surface area (Å²) < 4.78 is 26.9. The highest BCUT2D eigenvalue weighted by molar-refractivity contribution is 9.10. The fourth-order valence-electron chi connectivity index (χ4n) is 1.66. The number of hydrogen-bond donors (Lipinski definition) is 3. The van der Waals surface area contributed by atoms with E-state index in [1.807, 2.05) is 0 Å². The largest absolute Gasteiger partial charge is 0.478 e. The third kappa shape index (κ3) is 3.90. The minimum absolute atomic E-state index is 0.0949. The average Bonchev–Trinajstić information content (AvgIpc) is 2.91. The van der Waals surface area contributed by atoms with Crippen molar-refractivity contribution in [1.29, 1.82) is 0 Å². The number of halogens is 1. The van der Waals surface area contributed by atoms with Crippen LogP contribution in [0.3, 0.4) is 0 Å². The minimum Gasteiger partial charge on any atom is -0.478 e. The van der Waals surface area contributed by atoms with Crippen molar-refractivity contribution in [2.45, 2.75) is 11.3 Å². The summed E-state index contributed by atoms with van der Waals surface area (Å²) in [7, 11) is -3.76. The molecule has 0 atom stereocenters. The predicted molar refractivity (Wildman–Crippen MR) is 78.6 cm³/mol. The fourth-order valence-corrected chi connectivity index (χ4v) is 3.13. The van der Waals surface area contributed by atoms with Gasteiger partial charge in [0, 0.05) is 29.8 Å². The van der Waals surface area contributed by atoms with Crippen molar-refractivity contribution in [2.75, 3.05) is 6.54 Å². The molecule has 0 fully saturated rings. The van der Waals surface area contributed by atoms with E-state index in [-0.39, 0.29) is 17.0 Å². The molecule has 9 heteroatoms. The van der Waals surface area contributed by atoms with Crippen LogP contribution in [0.25, 0.3) is 0 Å². The molecule has 0 aliphatic carbocycles. The summed E-state index contributed by atoms with van der Waals surface area (Å²) in [4.78, 5) is 17.8. The van der Waals surface area contributed by atoms with Gasteiger partial charge in [0.1, 0.15) is 5.82 Å². The van der Waals surface area contributed by atoms with Crippen molar-refractivity contribution in [3.63, 3.8) is 0 Å². The SMILES string of the molecule is O=C(O)c1cc(S(=O)(=O)NCCc2ncc[nH]2)ccc1Br. The van der Waals surface area contributed by atoms with Crippen molar-refractivity contribution in [2.24, 2.45) is 0 Å². The third-order valence-corrected chi connectivity index (χ3v) is 4.84. The molecule has 0 saturated carbocycles. The number of carboxylic acid groups (broad SMARTS) is 1. The lowest BCUT2D eigenvalue weighted by Gasteiger charge is -2.07. The number of aromatic nitrogens is 2. The summed E-state index contributed by atoms with van der Waals surface area (Å²) >= 11 is 3.07. The zero-order chi connectivity index (χ0) is 15.5. The van der Waals surface area contributed by atoms with Gasteiger partial charge in [-0.05, 0) is 34.1 Å². The number of nitrogens with zero attached hydrogens (tertiary/aromatic N) is 1. The number of aromatic amines is 1. The van der Waals surface area contributed by atoms with Crippen LogP contribution in [-0.4, -0.2) is 36.0 Å². The molecule has 7 nitrogen and oxygen atoms in total. The molecule has 3 N–H and O–H groups in total. The second kappa shape index (κ2) is 6.37. The van der Waals surface area contributed by atoms with Gasteiger partial charge in [-0.25, -0.2) is 22.9 Å². The molecule has 0 radical (unpaired) electrons. The minimum atomic E-state index is -3.76. The van der Waals surface area contributed by atoms with Crippen LogP contribution in [0.4, 0.5) is 0 Å². The molecule has 0 spiro atoms. The van der Waals surface area contributed by atoms with Crippen LogP contribution in [-0.2, 0) is 16.4 Å². The normalized spacial score (nSPS) is 11.5. The lowest BCUT2D eigenvalue weighted by molar-refractivity contribution is 0.0695. The molecule has 1 aromatic carbocycles. The number of aromatic carboxylic acids is 1. The van der Waals surface area contributed by atoms with Crippen molar-refractivity contribution in [3.8, 4) is 0 Å². The Kier molecular flexibility index (Phi) is 4.76. The Balaban J connectivity index is 2.12. The Morgan fingerprint density at radius 1 is 1.43 bits per heavy atom. The van der Waals surface area contributed by atoms with Crippen molar-refractivity contribution in [1.82, 2.24) is 14.7 Å². The molecule has 112 valence electrons. The molecule has 2 aromatic rings. The number of carbonyl (C=O) groups is 1. The third-order valence-electron chi connectivity index (χ3n) is 2.69. The van der Waals surface area contributed by atoms with Crippen LogP contribution in [0, 0.1) is 0 Å². The van der Waals surface area contributed by atoms with Gasteiger partial charge in [-0.3, -0.25) is 0 Å². The van der Waals surface area contributed by atoms with Crippen molar-refractivity contribution in [3.05, 3.63) is 46.5 Å². The van der Waals surface area contributed by atoms with Gasteiger partial charge in [0.15, 0.2) is 0 Å². The Hall–Kier alpha value is -1.71. The first-order valence-electron chi connectivity index (χ1n) is 5.91. The molecule has 0 bridgehead atoms.